The quantitative estimate of drug-likeness (QED) is 0.829. The molecule has 0 bridgehead atoms. The van der Waals surface area contributed by atoms with E-state index in [9.17, 15) is 4.79 Å². The van der Waals surface area contributed by atoms with Gasteiger partial charge >= 0.3 is 0 Å². The summed E-state index contributed by atoms with van der Waals surface area (Å²) in [6.45, 7) is 9.00. The lowest BCUT2D eigenvalue weighted by atomic mass is 10.1. The molecular weight excluding hydrogens is 260 g/mol. The lowest BCUT2D eigenvalue weighted by Crippen LogP contribution is -2.27. The van der Waals surface area contributed by atoms with Crippen LogP contribution in [0.4, 0.5) is 5.69 Å². The van der Waals surface area contributed by atoms with Crippen molar-refractivity contribution in [3.05, 3.63) is 28.8 Å². The van der Waals surface area contributed by atoms with Crippen molar-refractivity contribution in [2.24, 2.45) is 0 Å². The lowest BCUT2D eigenvalue weighted by Gasteiger charge is -2.17. The normalized spacial score (nSPS) is 10.8. The molecule has 1 rings (SSSR count). The summed E-state index contributed by atoms with van der Waals surface area (Å²) < 4.78 is 0. The van der Waals surface area contributed by atoms with Gasteiger partial charge in [0.25, 0.3) is 0 Å². The fourth-order valence-corrected chi connectivity index (χ4v) is 2.07. The van der Waals surface area contributed by atoms with E-state index >= 15 is 0 Å². The highest BCUT2D eigenvalue weighted by atomic mass is 35.5. The first-order chi connectivity index (χ1) is 9.10. The van der Waals surface area contributed by atoms with Gasteiger partial charge in [0.15, 0.2) is 0 Å². The van der Waals surface area contributed by atoms with Crippen LogP contribution < -0.4 is 5.32 Å². The van der Waals surface area contributed by atoms with E-state index in [0.29, 0.717) is 17.1 Å². The van der Waals surface area contributed by atoms with E-state index in [4.69, 9.17) is 11.6 Å². The molecule has 0 aliphatic carbocycles. The number of benzene rings is 1. The molecule has 0 radical (unpaired) electrons. The monoisotopic (exact) mass is 282 g/mol. The fourth-order valence-electron chi connectivity index (χ4n) is 1.90. The van der Waals surface area contributed by atoms with E-state index in [1.165, 1.54) is 5.56 Å². The van der Waals surface area contributed by atoms with Crippen molar-refractivity contribution >= 4 is 23.2 Å². The van der Waals surface area contributed by atoms with Crippen LogP contribution in [0.5, 0.6) is 0 Å². The summed E-state index contributed by atoms with van der Waals surface area (Å²) in [7, 11) is 0. The molecule has 1 aromatic rings. The zero-order valence-corrected chi connectivity index (χ0v) is 12.8. The van der Waals surface area contributed by atoms with Gasteiger partial charge in [0.1, 0.15) is 0 Å². The van der Waals surface area contributed by atoms with Crippen LogP contribution in [-0.2, 0) is 11.2 Å². The Morgan fingerprint density at radius 2 is 1.95 bits per heavy atom. The molecule has 0 atom stereocenters. The smallest absolute Gasteiger partial charge is 0.225 e. The number of carbonyl (C=O) groups is 1. The number of amides is 1. The predicted molar refractivity (Wildman–Crippen MR) is 81.9 cm³/mol. The summed E-state index contributed by atoms with van der Waals surface area (Å²) >= 11 is 6.09. The van der Waals surface area contributed by atoms with Gasteiger partial charge in [-0.05, 0) is 37.2 Å². The van der Waals surface area contributed by atoms with Crippen molar-refractivity contribution in [3.8, 4) is 0 Å². The van der Waals surface area contributed by atoms with E-state index in [1.54, 1.807) is 0 Å². The zero-order valence-electron chi connectivity index (χ0n) is 12.0. The van der Waals surface area contributed by atoms with Gasteiger partial charge in [0.2, 0.25) is 5.91 Å². The van der Waals surface area contributed by atoms with E-state index in [1.807, 2.05) is 18.2 Å². The molecule has 0 spiro atoms. The summed E-state index contributed by atoms with van der Waals surface area (Å²) in [4.78, 5) is 14.1. The Morgan fingerprint density at radius 1 is 1.26 bits per heavy atom. The predicted octanol–water partition coefficient (Wildman–Crippen LogP) is 3.57. The number of nitrogens with zero attached hydrogens (tertiary/aromatic N) is 1. The average molecular weight is 283 g/mol. The highest BCUT2D eigenvalue weighted by molar-refractivity contribution is 6.33. The third-order valence-electron chi connectivity index (χ3n) is 3.26. The van der Waals surface area contributed by atoms with Gasteiger partial charge in [-0.1, -0.05) is 38.4 Å². The van der Waals surface area contributed by atoms with E-state index in [0.717, 1.165) is 26.1 Å². The Morgan fingerprint density at radius 3 is 2.53 bits per heavy atom. The van der Waals surface area contributed by atoms with Crippen LogP contribution in [0.3, 0.4) is 0 Å². The number of anilines is 1. The van der Waals surface area contributed by atoms with Gasteiger partial charge in [-0.2, -0.15) is 0 Å². The number of hydrogen-bond donors (Lipinski definition) is 1. The standard InChI is InChI=1S/C15H23ClN2O/c1-4-12-7-8-13(16)14(11-12)17-15(19)9-10-18(5-2)6-3/h7-8,11H,4-6,9-10H2,1-3H3,(H,17,19). The summed E-state index contributed by atoms with van der Waals surface area (Å²) in [6, 6.07) is 5.76. The Balaban J connectivity index is 2.56. The van der Waals surface area contributed by atoms with Crippen molar-refractivity contribution < 1.29 is 4.79 Å². The summed E-state index contributed by atoms with van der Waals surface area (Å²) in [5.74, 6) is 0.0158. The summed E-state index contributed by atoms with van der Waals surface area (Å²) in [5, 5.41) is 3.48. The number of hydrogen-bond acceptors (Lipinski definition) is 2. The first kappa shape index (κ1) is 16.0. The van der Waals surface area contributed by atoms with E-state index in [-0.39, 0.29) is 5.91 Å². The molecular formula is C15H23ClN2O. The molecule has 3 nitrogen and oxygen atoms in total. The molecule has 4 heteroatoms. The van der Waals surface area contributed by atoms with Crippen molar-refractivity contribution in [2.75, 3.05) is 25.0 Å². The SMILES string of the molecule is CCc1ccc(Cl)c(NC(=O)CCN(CC)CC)c1. The van der Waals surface area contributed by atoms with Crippen LogP contribution in [0.2, 0.25) is 5.02 Å². The Hall–Kier alpha value is -1.06. The molecule has 0 saturated heterocycles. The number of nitrogens with one attached hydrogen (secondary N) is 1. The number of halogens is 1. The Kier molecular flexibility index (Phi) is 6.89. The van der Waals surface area contributed by atoms with Gasteiger partial charge in [-0.25, -0.2) is 0 Å². The third kappa shape index (κ3) is 5.21. The van der Waals surface area contributed by atoms with Crippen LogP contribution >= 0.6 is 11.6 Å². The number of carbonyl (C=O) groups excluding carboxylic acids is 1. The highest BCUT2D eigenvalue weighted by Crippen LogP contribution is 2.23. The van der Waals surface area contributed by atoms with Gasteiger partial charge in [-0.3, -0.25) is 4.79 Å². The van der Waals surface area contributed by atoms with Gasteiger partial charge in [-0.15, -0.1) is 0 Å². The van der Waals surface area contributed by atoms with Gasteiger partial charge in [0, 0.05) is 13.0 Å². The van der Waals surface area contributed by atoms with Crippen LogP contribution in [-0.4, -0.2) is 30.4 Å². The molecule has 19 heavy (non-hydrogen) atoms. The second kappa shape index (κ2) is 8.18. The molecule has 106 valence electrons. The maximum Gasteiger partial charge on any atom is 0.225 e. The minimum absolute atomic E-state index is 0.0158. The van der Waals surface area contributed by atoms with Crippen LogP contribution in [0, 0.1) is 0 Å². The summed E-state index contributed by atoms with van der Waals surface area (Å²) in [6.07, 6.45) is 1.42. The minimum Gasteiger partial charge on any atom is -0.325 e. The fraction of sp³-hybridized carbons (Fsp3) is 0.533. The van der Waals surface area contributed by atoms with Gasteiger partial charge in [0.05, 0.1) is 10.7 Å². The third-order valence-corrected chi connectivity index (χ3v) is 3.59. The molecule has 0 aromatic heterocycles. The second-order valence-corrected chi connectivity index (χ2v) is 4.90. The maximum atomic E-state index is 11.9. The van der Waals surface area contributed by atoms with Crippen molar-refractivity contribution in [2.45, 2.75) is 33.6 Å². The molecule has 0 unspecified atom stereocenters. The van der Waals surface area contributed by atoms with Crippen molar-refractivity contribution in [1.29, 1.82) is 0 Å². The molecule has 1 aromatic carbocycles. The topological polar surface area (TPSA) is 32.3 Å². The molecule has 0 aliphatic rings. The van der Waals surface area contributed by atoms with Crippen molar-refractivity contribution in [3.63, 3.8) is 0 Å². The zero-order chi connectivity index (χ0) is 14.3. The molecule has 1 N–H and O–H groups in total. The number of aryl methyl sites for hydroxylation is 1. The van der Waals surface area contributed by atoms with Crippen LogP contribution in [0.15, 0.2) is 18.2 Å². The average Bonchev–Trinajstić information content (AvgIpc) is 2.42. The molecule has 0 aliphatic heterocycles. The highest BCUT2D eigenvalue weighted by Gasteiger charge is 2.08. The second-order valence-electron chi connectivity index (χ2n) is 4.49. The summed E-state index contributed by atoms with van der Waals surface area (Å²) in [5.41, 5.74) is 1.88. The van der Waals surface area contributed by atoms with Crippen LogP contribution in [0.1, 0.15) is 32.8 Å². The largest absolute Gasteiger partial charge is 0.325 e. The Labute approximate surface area is 120 Å². The van der Waals surface area contributed by atoms with E-state index in [2.05, 4.69) is 31.0 Å². The minimum atomic E-state index is 0.0158. The molecule has 0 fully saturated rings. The van der Waals surface area contributed by atoms with Gasteiger partial charge < -0.3 is 10.2 Å². The van der Waals surface area contributed by atoms with E-state index < -0.39 is 0 Å². The first-order valence-electron chi connectivity index (χ1n) is 6.91. The first-order valence-corrected chi connectivity index (χ1v) is 7.29. The molecule has 0 saturated carbocycles. The maximum absolute atomic E-state index is 11.9. The molecule has 0 heterocycles. The lowest BCUT2D eigenvalue weighted by molar-refractivity contribution is -0.116. The van der Waals surface area contributed by atoms with Crippen molar-refractivity contribution in [1.82, 2.24) is 4.90 Å². The number of rotatable bonds is 7. The van der Waals surface area contributed by atoms with Crippen LogP contribution in [0.25, 0.3) is 0 Å². The molecule has 1 amide bonds. The Bertz CT molecular complexity index is 417.